The summed E-state index contributed by atoms with van der Waals surface area (Å²) in [6, 6.07) is 0. The van der Waals surface area contributed by atoms with Crippen molar-refractivity contribution < 1.29 is 15.0 Å². The summed E-state index contributed by atoms with van der Waals surface area (Å²) in [4.78, 5) is 10.2. The van der Waals surface area contributed by atoms with Crippen molar-refractivity contribution >= 4 is 5.97 Å². The molecule has 0 aromatic heterocycles. The topological polar surface area (TPSA) is 83.5 Å². The highest BCUT2D eigenvalue weighted by Gasteiger charge is 2.28. The Morgan fingerprint density at radius 2 is 2.20 bits per heavy atom. The zero-order valence-electron chi connectivity index (χ0n) is 6.00. The molecule has 4 nitrogen and oxygen atoms in total. The Hall–Kier alpha value is -0.610. The van der Waals surface area contributed by atoms with Crippen molar-refractivity contribution in [2.45, 2.75) is 25.4 Å². The van der Waals surface area contributed by atoms with E-state index in [-0.39, 0.29) is 6.42 Å². The Morgan fingerprint density at radius 3 is 2.50 bits per heavy atom. The van der Waals surface area contributed by atoms with Gasteiger partial charge in [0.15, 0.2) is 5.60 Å². The van der Waals surface area contributed by atoms with Gasteiger partial charge in [-0.3, -0.25) is 0 Å². The molecule has 0 amide bonds. The van der Waals surface area contributed by atoms with Crippen LogP contribution in [-0.4, -0.2) is 28.3 Å². The van der Waals surface area contributed by atoms with Gasteiger partial charge < -0.3 is 15.9 Å². The van der Waals surface area contributed by atoms with Gasteiger partial charge in [0, 0.05) is 0 Å². The van der Waals surface area contributed by atoms with Gasteiger partial charge in [-0.2, -0.15) is 0 Å². The number of aliphatic hydroxyl groups is 1. The Balaban J connectivity index is 3.75. The number of hydrogen-bond acceptors (Lipinski definition) is 3. The van der Waals surface area contributed by atoms with Gasteiger partial charge in [-0.15, -0.1) is 0 Å². The summed E-state index contributed by atoms with van der Waals surface area (Å²) >= 11 is 0. The summed E-state index contributed by atoms with van der Waals surface area (Å²) in [5.74, 6) is -1.19. The van der Waals surface area contributed by atoms with Gasteiger partial charge in [-0.25, -0.2) is 4.79 Å². The van der Waals surface area contributed by atoms with E-state index in [1.807, 2.05) is 0 Å². The molecule has 1 atom stereocenters. The summed E-state index contributed by atoms with van der Waals surface area (Å²) < 4.78 is 0. The molecule has 0 fully saturated rings. The predicted molar refractivity (Wildman–Crippen MR) is 36.5 cm³/mol. The van der Waals surface area contributed by atoms with Gasteiger partial charge >= 0.3 is 5.97 Å². The molecular weight excluding hydrogens is 134 g/mol. The molecule has 0 radical (unpaired) electrons. The van der Waals surface area contributed by atoms with Crippen LogP contribution in [-0.2, 0) is 4.79 Å². The lowest BCUT2D eigenvalue weighted by Crippen LogP contribution is -2.35. The van der Waals surface area contributed by atoms with Crippen LogP contribution in [0.4, 0.5) is 0 Å². The summed E-state index contributed by atoms with van der Waals surface area (Å²) in [5, 5.41) is 17.4. The summed E-state index contributed by atoms with van der Waals surface area (Å²) in [6.07, 6.45) is 0.734. The molecule has 0 bridgehead atoms. The van der Waals surface area contributed by atoms with Gasteiger partial charge in [0.1, 0.15) is 0 Å². The van der Waals surface area contributed by atoms with E-state index in [0.717, 1.165) is 0 Å². The SMILES string of the molecule is CC(O)(CCCN)C(=O)O. The maximum Gasteiger partial charge on any atom is 0.335 e. The maximum absolute atomic E-state index is 10.2. The molecule has 0 aliphatic carbocycles. The van der Waals surface area contributed by atoms with Gasteiger partial charge in [0.05, 0.1) is 0 Å². The fraction of sp³-hybridized carbons (Fsp3) is 0.833. The summed E-state index contributed by atoms with van der Waals surface area (Å²) in [6.45, 7) is 1.68. The van der Waals surface area contributed by atoms with E-state index in [2.05, 4.69) is 0 Å². The zero-order valence-corrected chi connectivity index (χ0v) is 6.00. The number of hydrogen-bond donors (Lipinski definition) is 3. The lowest BCUT2D eigenvalue weighted by molar-refractivity contribution is -0.157. The second-order valence-electron chi connectivity index (χ2n) is 2.47. The molecule has 0 aromatic rings. The summed E-state index contributed by atoms with van der Waals surface area (Å²) in [5.41, 5.74) is 3.52. The molecule has 0 aliphatic rings. The average molecular weight is 147 g/mol. The van der Waals surface area contributed by atoms with Crippen LogP contribution in [0.2, 0.25) is 0 Å². The first-order valence-electron chi connectivity index (χ1n) is 3.16. The largest absolute Gasteiger partial charge is 0.479 e. The first-order valence-corrected chi connectivity index (χ1v) is 3.16. The first kappa shape index (κ1) is 9.39. The van der Waals surface area contributed by atoms with Gasteiger partial charge in [0.25, 0.3) is 0 Å². The van der Waals surface area contributed by atoms with Crippen molar-refractivity contribution in [1.29, 1.82) is 0 Å². The molecular formula is C6H13NO3. The van der Waals surface area contributed by atoms with Crippen LogP contribution in [0.1, 0.15) is 19.8 Å². The molecule has 0 heterocycles. The van der Waals surface area contributed by atoms with E-state index in [0.29, 0.717) is 13.0 Å². The third-order valence-electron chi connectivity index (χ3n) is 1.33. The molecule has 4 N–H and O–H groups in total. The number of nitrogens with two attached hydrogens (primary N) is 1. The second kappa shape index (κ2) is 3.53. The number of carboxylic acid groups (broad SMARTS) is 1. The highest BCUT2D eigenvalue weighted by molar-refractivity contribution is 5.76. The minimum Gasteiger partial charge on any atom is -0.479 e. The molecule has 0 spiro atoms. The molecule has 0 aliphatic heterocycles. The van der Waals surface area contributed by atoms with Gasteiger partial charge in [0.2, 0.25) is 0 Å². The fourth-order valence-electron chi connectivity index (χ4n) is 0.553. The van der Waals surface area contributed by atoms with Crippen molar-refractivity contribution in [2.24, 2.45) is 5.73 Å². The number of carbonyl (C=O) groups is 1. The van der Waals surface area contributed by atoms with Crippen molar-refractivity contribution in [2.75, 3.05) is 6.54 Å². The lowest BCUT2D eigenvalue weighted by atomic mass is 10.0. The van der Waals surface area contributed by atoms with Crippen LogP contribution in [0.5, 0.6) is 0 Å². The fourth-order valence-corrected chi connectivity index (χ4v) is 0.553. The molecule has 0 rings (SSSR count). The maximum atomic E-state index is 10.2. The Labute approximate surface area is 59.7 Å². The molecule has 0 saturated carbocycles. The Bertz CT molecular complexity index is 122. The van der Waals surface area contributed by atoms with E-state index >= 15 is 0 Å². The van der Waals surface area contributed by atoms with Gasteiger partial charge in [-0.1, -0.05) is 0 Å². The predicted octanol–water partition coefficient (Wildman–Crippen LogP) is -0.439. The molecule has 10 heavy (non-hydrogen) atoms. The summed E-state index contributed by atoms with van der Waals surface area (Å²) in [7, 11) is 0. The first-order chi connectivity index (χ1) is 4.50. The van der Waals surface area contributed by atoms with Crippen molar-refractivity contribution in [3.8, 4) is 0 Å². The van der Waals surface area contributed by atoms with Crippen LogP contribution < -0.4 is 5.73 Å². The van der Waals surface area contributed by atoms with E-state index in [9.17, 15) is 4.79 Å². The third-order valence-corrected chi connectivity index (χ3v) is 1.33. The highest BCUT2D eigenvalue weighted by Crippen LogP contribution is 2.10. The molecule has 1 unspecified atom stereocenters. The standard InChI is InChI=1S/C6H13NO3/c1-6(10,5(8)9)3-2-4-7/h10H,2-4,7H2,1H3,(H,8,9). The second-order valence-corrected chi connectivity index (χ2v) is 2.47. The smallest absolute Gasteiger partial charge is 0.335 e. The van der Waals surface area contributed by atoms with E-state index in [4.69, 9.17) is 15.9 Å². The van der Waals surface area contributed by atoms with Crippen LogP contribution in [0.15, 0.2) is 0 Å². The number of rotatable bonds is 4. The zero-order chi connectivity index (χ0) is 8.20. The Kier molecular flexibility index (Phi) is 3.32. The lowest BCUT2D eigenvalue weighted by Gasteiger charge is -2.16. The van der Waals surface area contributed by atoms with Gasteiger partial charge in [-0.05, 0) is 26.3 Å². The van der Waals surface area contributed by atoms with Crippen LogP contribution >= 0.6 is 0 Å². The van der Waals surface area contributed by atoms with Crippen LogP contribution in [0, 0.1) is 0 Å². The molecule has 4 heteroatoms. The molecule has 60 valence electrons. The van der Waals surface area contributed by atoms with Crippen molar-refractivity contribution in [1.82, 2.24) is 0 Å². The number of carboxylic acids is 1. The van der Waals surface area contributed by atoms with E-state index in [1.165, 1.54) is 6.92 Å². The van der Waals surface area contributed by atoms with Crippen molar-refractivity contribution in [3.63, 3.8) is 0 Å². The monoisotopic (exact) mass is 147 g/mol. The number of aliphatic carboxylic acids is 1. The molecule has 0 aromatic carbocycles. The highest BCUT2D eigenvalue weighted by atomic mass is 16.4. The van der Waals surface area contributed by atoms with Crippen LogP contribution in [0.3, 0.4) is 0 Å². The van der Waals surface area contributed by atoms with Crippen molar-refractivity contribution in [3.05, 3.63) is 0 Å². The minimum absolute atomic E-state index is 0.207. The minimum atomic E-state index is -1.61. The third kappa shape index (κ3) is 2.80. The normalized spacial score (nSPS) is 16.3. The quantitative estimate of drug-likeness (QED) is 0.503. The Morgan fingerprint density at radius 1 is 1.70 bits per heavy atom. The van der Waals surface area contributed by atoms with Crippen LogP contribution in [0.25, 0.3) is 0 Å². The van der Waals surface area contributed by atoms with E-state index < -0.39 is 11.6 Å². The van der Waals surface area contributed by atoms with E-state index in [1.54, 1.807) is 0 Å². The average Bonchev–Trinajstić information content (AvgIpc) is 1.84. The molecule has 0 saturated heterocycles.